The highest BCUT2D eigenvalue weighted by atomic mass is 35.5. The Bertz CT molecular complexity index is 1310. The van der Waals surface area contributed by atoms with E-state index < -0.39 is 4.92 Å². The monoisotopic (exact) mass is 494 g/mol. The summed E-state index contributed by atoms with van der Waals surface area (Å²) in [7, 11) is 0. The number of aromatic nitrogens is 1. The van der Waals surface area contributed by atoms with E-state index in [1.165, 1.54) is 41.7 Å². The molecule has 0 spiro atoms. The van der Waals surface area contributed by atoms with Gasteiger partial charge in [-0.3, -0.25) is 14.9 Å². The van der Waals surface area contributed by atoms with Crippen molar-refractivity contribution in [1.82, 2.24) is 9.88 Å². The predicted octanol–water partition coefficient (Wildman–Crippen LogP) is 5.39. The SMILES string of the molecule is N#C/C(=C\c1ccc(O)cc1)C(=O)N1CCC(c2nc(-c3ccc(Cl)c([N+](=O)[O-])c3)cs2)CC1. The number of likely N-dealkylation sites (tertiary alicyclic amines) is 1. The van der Waals surface area contributed by atoms with Crippen LogP contribution in [-0.2, 0) is 4.79 Å². The average Bonchev–Trinajstić information content (AvgIpc) is 3.34. The van der Waals surface area contributed by atoms with Crippen LogP contribution in [0.1, 0.15) is 29.3 Å². The number of carbonyl (C=O) groups is 1. The molecule has 1 fully saturated rings. The van der Waals surface area contributed by atoms with Crippen molar-refractivity contribution in [3.8, 4) is 23.1 Å². The van der Waals surface area contributed by atoms with Gasteiger partial charge in [0.2, 0.25) is 0 Å². The third-order valence-corrected chi connectivity index (χ3v) is 6.97. The quantitative estimate of drug-likeness (QED) is 0.220. The van der Waals surface area contributed by atoms with Crippen LogP contribution in [0.15, 0.2) is 53.4 Å². The van der Waals surface area contributed by atoms with Gasteiger partial charge in [0.15, 0.2) is 0 Å². The van der Waals surface area contributed by atoms with E-state index >= 15 is 0 Å². The molecule has 0 unspecified atom stereocenters. The molecule has 1 aromatic heterocycles. The number of amides is 1. The zero-order valence-corrected chi connectivity index (χ0v) is 19.4. The van der Waals surface area contributed by atoms with Gasteiger partial charge >= 0.3 is 0 Å². The van der Waals surface area contributed by atoms with E-state index in [1.54, 1.807) is 23.1 Å². The number of phenols is 1. The van der Waals surface area contributed by atoms with Gasteiger partial charge in [0.05, 0.1) is 15.6 Å². The van der Waals surface area contributed by atoms with Gasteiger partial charge in [-0.25, -0.2) is 4.98 Å². The van der Waals surface area contributed by atoms with Gasteiger partial charge in [0.1, 0.15) is 22.4 Å². The van der Waals surface area contributed by atoms with Crippen molar-refractivity contribution in [2.45, 2.75) is 18.8 Å². The number of aromatic hydroxyl groups is 1. The number of halogens is 1. The molecule has 0 aliphatic carbocycles. The topological polar surface area (TPSA) is 120 Å². The Morgan fingerprint density at radius 2 is 1.97 bits per heavy atom. The first-order valence-electron chi connectivity index (χ1n) is 10.5. The molecule has 34 heavy (non-hydrogen) atoms. The number of nitriles is 1. The van der Waals surface area contributed by atoms with E-state index in [2.05, 4.69) is 4.98 Å². The van der Waals surface area contributed by atoms with Crippen molar-refractivity contribution in [2.75, 3.05) is 13.1 Å². The summed E-state index contributed by atoms with van der Waals surface area (Å²) in [4.78, 5) is 29.9. The molecule has 1 aliphatic rings. The first-order valence-corrected chi connectivity index (χ1v) is 11.7. The van der Waals surface area contributed by atoms with E-state index in [0.717, 1.165) is 5.01 Å². The number of benzene rings is 2. The molecule has 1 N–H and O–H groups in total. The number of hydrogen-bond donors (Lipinski definition) is 1. The Hall–Kier alpha value is -3.74. The second-order valence-electron chi connectivity index (χ2n) is 7.82. The van der Waals surface area contributed by atoms with Gasteiger partial charge in [-0.15, -0.1) is 11.3 Å². The average molecular weight is 495 g/mol. The Balaban J connectivity index is 1.42. The van der Waals surface area contributed by atoms with Gasteiger partial charge in [0.25, 0.3) is 11.6 Å². The van der Waals surface area contributed by atoms with Crippen molar-refractivity contribution < 1.29 is 14.8 Å². The third-order valence-electron chi connectivity index (χ3n) is 5.65. The zero-order valence-electron chi connectivity index (χ0n) is 17.8. The summed E-state index contributed by atoms with van der Waals surface area (Å²) in [5, 5.41) is 32.9. The maximum Gasteiger partial charge on any atom is 0.288 e. The normalized spacial score (nSPS) is 14.6. The van der Waals surface area contributed by atoms with Crippen LogP contribution in [0.3, 0.4) is 0 Å². The Morgan fingerprint density at radius 3 is 2.62 bits per heavy atom. The molecular weight excluding hydrogens is 476 g/mol. The van der Waals surface area contributed by atoms with Crippen molar-refractivity contribution in [3.63, 3.8) is 0 Å². The van der Waals surface area contributed by atoms with Crippen LogP contribution < -0.4 is 0 Å². The van der Waals surface area contributed by atoms with Crippen LogP contribution in [0.4, 0.5) is 5.69 Å². The number of rotatable bonds is 5. The molecule has 2 heterocycles. The van der Waals surface area contributed by atoms with E-state index in [-0.39, 0.29) is 33.9 Å². The molecular formula is C24H19ClN4O4S. The molecule has 1 amide bonds. The summed E-state index contributed by atoms with van der Waals surface area (Å²) in [5.74, 6) is -0.0392. The number of nitro groups is 1. The number of phenolic OH excluding ortho intramolecular Hbond substituents is 1. The molecule has 0 bridgehead atoms. The summed E-state index contributed by atoms with van der Waals surface area (Å²) in [5.41, 5.74) is 1.83. The summed E-state index contributed by atoms with van der Waals surface area (Å²) in [6.07, 6.45) is 2.93. The molecule has 2 aromatic carbocycles. The summed E-state index contributed by atoms with van der Waals surface area (Å²) in [6, 6.07) is 12.9. The van der Waals surface area contributed by atoms with Gasteiger partial charge in [-0.05, 0) is 42.7 Å². The molecule has 1 aliphatic heterocycles. The van der Waals surface area contributed by atoms with Gasteiger partial charge in [-0.2, -0.15) is 5.26 Å². The number of nitro benzene ring substituents is 1. The summed E-state index contributed by atoms with van der Waals surface area (Å²) < 4.78 is 0. The van der Waals surface area contributed by atoms with Crippen molar-refractivity contribution in [1.29, 1.82) is 5.26 Å². The second-order valence-corrected chi connectivity index (χ2v) is 9.12. The molecule has 0 saturated carbocycles. The first-order chi connectivity index (χ1) is 16.4. The fraction of sp³-hybridized carbons (Fsp3) is 0.208. The van der Waals surface area contributed by atoms with Crippen LogP contribution in [-0.4, -0.2) is 38.9 Å². The molecule has 1 saturated heterocycles. The molecule has 0 atom stereocenters. The van der Waals surface area contributed by atoms with E-state index in [4.69, 9.17) is 11.6 Å². The minimum Gasteiger partial charge on any atom is -0.508 e. The third kappa shape index (κ3) is 5.09. The lowest BCUT2D eigenvalue weighted by molar-refractivity contribution is -0.384. The second kappa shape index (κ2) is 10.0. The summed E-state index contributed by atoms with van der Waals surface area (Å²) >= 11 is 7.39. The largest absolute Gasteiger partial charge is 0.508 e. The van der Waals surface area contributed by atoms with Crippen molar-refractivity contribution in [2.24, 2.45) is 0 Å². The highest BCUT2D eigenvalue weighted by molar-refractivity contribution is 7.10. The highest BCUT2D eigenvalue weighted by Crippen LogP contribution is 2.35. The Kier molecular flexibility index (Phi) is 6.91. The number of nitrogens with zero attached hydrogens (tertiary/aromatic N) is 4. The van der Waals surface area contributed by atoms with Crippen LogP contribution >= 0.6 is 22.9 Å². The molecule has 0 radical (unpaired) electrons. The number of carbonyl (C=O) groups excluding carboxylic acids is 1. The molecule has 8 nitrogen and oxygen atoms in total. The Labute approximate surface area is 204 Å². The number of thiazole rings is 1. The number of hydrogen-bond acceptors (Lipinski definition) is 7. The van der Waals surface area contributed by atoms with E-state index in [1.807, 2.05) is 11.4 Å². The van der Waals surface area contributed by atoms with Crippen molar-refractivity contribution in [3.05, 3.63) is 79.1 Å². The van der Waals surface area contributed by atoms with Crippen LogP contribution in [0.5, 0.6) is 5.75 Å². The minimum absolute atomic E-state index is 0.0463. The predicted molar refractivity (Wildman–Crippen MR) is 129 cm³/mol. The van der Waals surface area contributed by atoms with Crippen LogP contribution in [0, 0.1) is 21.4 Å². The summed E-state index contributed by atoms with van der Waals surface area (Å²) in [6.45, 7) is 0.999. The highest BCUT2D eigenvalue weighted by Gasteiger charge is 2.27. The van der Waals surface area contributed by atoms with Crippen LogP contribution in [0.25, 0.3) is 17.3 Å². The van der Waals surface area contributed by atoms with Gasteiger partial charge < -0.3 is 10.0 Å². The van der Waals surface area contributed by atoms with Crippen molar-refractivity contribution >= 4 is 40.6 Å². The lowest BCUT2D eigenvalue weighted by Gasteiger charge is -2.31. The lowest BCUT2D eigenvalue weighted by atomic mass is 9.96. The minimum atomic E-state index is -0.516. The standard InChI is InChI=1S/C24H19ClN4O4S/c25-20-6-3-17(12-22(20)29(32)33)21-14-34-23(27-21)16-7-9-28(10-8-16)24(31)18(13-26)11-15-1-4-19(30)5-2-15/h1-6,11-12,14,16,30H,7-10H2/b18-11+. The smallest absolute Gasteiger partial charge is 0.288 e. The van der Waals surface area contributed by atoms with Crippen LogP contribution in [0.2, 0.25) is 5.02 Å². The van der Waals surface area contributed by atoms with E-state index in [9.17, 15) is 25.3 Å². The molecule has 172 valence electrons. The van der Waals surface area contributed by atoms with E-state index in [0.29, 0.717) is 42.8 Å². The number of piperidine rings is 1. The maximum absolute atomic E-state index is 12.9. The maximum atomic E-state index is 12.9. The lowest BCUT2D eigenvalue weighted by Crippen LogP contribution is -2.38. The fourth-order valence-electron chi connectivity index (χ4n) is 3.80. The van der Waals surface area contributed by atoms with Gasteiger partial charge in [0, 0.05) is 36.0 Å². The van der Waals surface area contributed by atoms with Gasteiger partial charge in [-0.1, -0.05) is 29.8 Å². The molecule has 3 aromatic rings. The zero-order chi connectivity index (χ0) is 24.2. The molecule has 4 rings (SSSR count). The first kappa shape index (κ1) is 23.4. The fourth-order valence-corrected chi connectivity index (χ4v) is 4.99. The Morgan fingerprint density at radius 1 is 1.26 bits per heavy atom. The molecule has 10 heteroatoms.